The molecule has 1 aliphatic carbocycles. The van der Waals surface area contributed by atoms with Crippen LogP contribution in [0.15, 0.2) is 17.1 Å². The average Bonchev–Trinajstić information content (AvgIpc) is 2.80. The van der Waals surface area contributed by atoms with Gasteiger partial charge in [0.05, 0.1) is 12.6 Å². The first-order valence-electron chi connectivity index (χ1n) is 5.86. The minimum Gasteiger partial charge on any atom is -0.493 e. The van der Waals surface area contributed by atoms with Gasteiger partial charge < -0.3 is 14.2 Å². The van der Waals surface area contributed by atoms with Crippen molar-refractivity contribution in [3.63, 3.8) is 0 Å². The quantitative estimate of drug-likeness (QED) is 0.606. The van der Waals surface area contributed by atoms with Gasteiger partial charge in [-0.15, -0.1) is 0 Å². The Morgan fingerprint density at radius 3 is 2.83 bits per heavy atom. The number of carbonyl (C=O) groups excluding carboxylic acids is 1. The molecule has 1 saturated carbocycles. The van der Waals surface area contributed by atoms with Gasteiger partial charge in [0.2, 0.25) is 18.6 Å². The van der Waals surface area contributed by atoms with Crippen LogP contribution in [0.2, 0.25) is 0 Å². The zero-order chi connectivity index (χ0) is 12.6. The number of rotatable bonds is 3. The van der Waals surface area contributed by atoms with Crippen molar-refractivity contribution < 1.29 is 19.0 Å². The first-order valence-corrected chi connectivity index (χ1v) is 5.86. The highest BCUT2D eigenvalue weighted by molar-refractivity contribution is 5.57. The molecule has 3 rings (SSSR count). The SMILES string of the molecule is COc1cc(C2(N=C=O)CCC2)cc2c1OCO2. The van der Waals surface area contributed by atoms with Gasteiger partial charge in [-0.3, -0.25) is 0 Å². The Bertz CT molecular complexity index is 530. The zero-order valence-electron chi connectivity index (χ0n) is 10.1. The summed E-state index contributed by atoms with van der Waals surface area (Å²) in [5.74, 6) is 1.88. The number of ether oxygens (including phenoxy) is 3. The molecular formula is C13H13NO4. The molecule has 1 aliphatic heterocycles. The van der Waals surface area contributed by atoms with Gasteiger partial charge in [-0.05, 0) is 37.0 Å². The van der Waals surface area contributed by atoms with E-state index >= 15 is 0 Å². The standard InChI is InChI=1S/C13H13NO4/c1-16-10-5-9(6-11-12(10)18-8-17-11)13(14-7-15)3-2-4-13/h5-6H,2-4,8H2,1H3. The fourth-order valence-corrected chi connectivity index (χ4v) is 2.46. The molecule has 0 saturated heterocycles. The first-order chi connectivity index (χ1) is 8.79. The Kier molecular flexibility index (Phi) is 2.49. The summed E-state index contributed by atoms with van der Waals surface area (Å²) in [5, 5.41) is 0. The second kappa shape index (κ2) is 4.03. The fourth-order valence-electron chi connectivity index (χ4n) is 2.46. The zero-order valence-corrected chi connectivity index (χ0v) is 10.1. The number of hydrogen-bond donors (Lipinski definition) is 0. The number of nitrogens with zero attached hydrogens (tertiary/aromatic N) is 1. The van der Waals surface area contributed by atoms with E-state index in [1.807, 2.05) is 12.1 Å². The molecule has 5 heteroatoms. The molecule has 0 atom stereocenters. The van der Waals surface area contributed by atoms with Crippen LogP contribution in [0.1, 0.15) is 24.8 Å². The van der Waals surface area contributed by atoms with E-state index in [9.17, 15) is 4.79 Å². The van der Waals surface area contributed by atoms with Crippen molar-refractivity contribution in [2.75, 3.05) is 13.9 Å². The Labute approximate surface area is 104 Å². The number of fused-ring (bicyclic) bond motifs is 1. The maximum Gasteiger partial charge on any atom is 0.235 e. The molecule has 0 spiro atoms. The van der Waals surface area contributed by atoms with Gasteiger partial charge in [0, 0.05) is 0 Å². The molecule has 1 heterocycles. The highest BCUT2D eigenvalue weighted by atomic mass is 16.7. The third-order valence-electron chi connectivity index (χ3n) is 3.64. The molecule has 0 amide bonds. The average molecular weight is 247 g/mol. The van der Waals surface area contributed by atoms with Gasteiger partial charge in [-0.25, -0.2) is 4.79 Å². The Hall–Kier alpha value is -2.00. The molecule has 0 N–H and O–H groups in total. The summed E-state index contributed by atoms with van der Waals surface area (Å²) in [6.07, 6.45) is 4.44. The van der Waals surface area contributed by atoms with Crippen molar-refractivity contribution in [2.24, 2.45) is 4.99 Å². The van der Waals surface area contributed by atoms with Crippen LogP contribution in [-0.2, 0) is 10.3 Å². The number of isocyanates is 1. The van der Waals surface area contributed by atoms with Crippen LogP contribution in [0.5, 0.6) is 17.2 Å². The number of aliphatic imine (C=N–C) groups is 1. The molecule has 0 radical (unpaired) electrons. The van der Waals surface area contributed by atoms with E-state index in [-0.39, 0.29) is 6.79 Å². The van der Waals surface area contributed by atoms with Gasteiger partial charge >= 0.3 is 0 Å². The molecule has 94 valence electrons. The maximum atomic E-state index is 10.6. The Balaban J connectivity index is 2.10. The largest absolute Gasteiger partial charge is 0.493 e. The summed E-state index contributed by atoms with van der Waals surface area (Å²) >= 11 is 0. The molecule has 5 nitrogen and oxygen atoms in total. The predicted molar refractivity (Wildman–Crippen MR) is 62.8 cm³/mol. The van der Waals surface area contributed by atoms with Gasteiger partial charge in [0.1, 0.15) is 0 Å². The first kappa shape index (κ1) is 11.1. The van der Waals surface area contributed by atoms with E-state index < -0.39 is 5.54 Å². The van der Waals surface area contributed by atoms with Crippen LogP contribution in [0.3, 0.4) is 0 Å². The molecule has 1 aromatic rings. The fraction of sp³-hybridized carbons (Fsp3) is 0.462. The minimum atomic E-state index is -0.448. The van der Waals surface area contributed by atoms with E-state index in [2.05, 4.69) is 4.99 Å². The lowest BCUT2D eigenvalue weighted by Gasteiger charge is -2.37. The van der Waals surface area contributed by atoms with Gasteiger partial charge in [0.25, 0.3) is 0 Å². The second-order valence-electron chi connectivity index (χ2n) is 4.50. The van der Waals surface area contributed by atoms with Crippen LogP contribution < -0.4 is 14.2 Å². The predicted octanol–water partition coefficient (Wildman–Crippen LogP) is 2.14. The Morgan fingerprint density at radius 1 is 1.39 bits per heavy atom. The van der Waals surface area contributed by atoms with Crippen LogP contribution in [0, 0.1) is 0 Å². The van der Waals surface area contributed by atoms with E-state index in [4.69, 9.17) is 14.2 Å². The van der Waals surface area contributed by atoms with Crippen molar-refractivity contribution in [2.45, 2.75) is 24.8 Å². The van der Waals surface area contributed by atoms with Gasteiger partial charge in [-0.2, -0.15) is 4.99 Å². The normalized spacial score (nSPS) is 18.7. The van der Waals surface area contributed by atoms with E-state index in [0.29, 0.717) is 17.2 Å². The molecule has 2 aliphatic rings. The topological polar surface area (TPSA) is 57.1 Å². The number of hydrogen-bond acceptors (Lipinski definition) is 5. The van der Waals surface area contributed by atoms with E-state index in [1.54, 1.807) is 13.2 Å². The highest BCUT2D eigenvalue weighted by Gasteiger charge is 2.40. The summed E-state index contributed by atoms with van der Waals surface area (Å²) in [4.78, 5) is 14.6. The van der Waals surface area contributed by atoms with Gasteiger partial charge in [0.15, 0.2) is 11.5 Å². The maximum absolute atomic E-state index is 10.6. The summed E-state index contributed by atoms with van der Waals surface area (Å²) < 4.78 is 16.0. The number of benzene rings is 1. The monoisotopic (exact) mass is 247 g/mol. The summed E-state index contributed by atoms with van der Waals surface area (Å²) in [6.45, 7) is 0.194. The number of methoxy groups -OCH3 is 1. The van der Waals surface area contributed by atoms with Crippen molar-refractivity contribution in [1.29, 1.82) is 0 Å². The van der Waals surface area contributed by atoms with Crippen LogP contribution in [-0.4, -0.2) is 20.0 Å². The molecule has 1 aromatic carbocycles. The van der Waals surface area contributed by atoms with Crippen LogP contribution >= 0.6 is 0 Å². The third-order valence-corrected chi connectivity index (χ3v) is 3.64. The van der Waals surface area contributed by atoms with E-state index in [0.717, 1.165) is 24.8 Å². The Morgan fingerprint density at radius 2 is 2.22 bits per heavy atom. The molecule has 0 unspecified atom stereocenters. The highest BCUT2D eigenvalue weighted by Crippen LogP contribution is 2.50. The minimum absolute atomic E-state index is 0.194. The molecule has 0 bridgehead atoms. The van der Waals surface area contributed by atoms with Crippen LogP contribution in [0.4, 0.5) is 0 Å². The molecule has 0 aromatic heterocycles. The third kappa shape index (κ3) is 1.48. The smallest absolute Gasteiger partial charge is 0.235 e. The van der Waals surface area contributed by atoms with Crippen molar-refractivity contribution in [3.05, 3.63) is 17.7 Å². The summed E-state index contributed by atoms with van der Waals surface area (Å²) in [5.41, 5.74) is 0.480. The van der Waals surface area contributed by atoms with Gasteiger partial charge in [-0.1, -0.05) is 0 Å². The second-order valence-corrected chi connectivity index (χ2v) is 4.50. The summed E-state index contributed by atoms with van der Waals surface area (Å²) in [7, 11) is 1.58. The van der Waals surface area contributed by atoms with Crippen molar-refractivity contribution in [3.8, 4) is 17.2 Å². The summed E-state index contributed by atoms with van der Waals surface area (Å²) in [6, 6.07) is 3.75. The lowest BCUT2D eigenvalue weighted by atomic mass is 9.72. The molecule has 1 fully saturated rings. The lowest BCUT2D eigenvalue weighted by molar-refractivity contribution is 0.171. The van der Waals surface area contributed by atoms with E-state index in [1.165, 1.54) is 0 Å². The molecule has 18 heavy (non-hydrogen) atoms. The van der Waals surface area contributed by atoms with Crippen molar-refractivity contribution >= 4 is 6.08 Å². The van der Waals surface area contributed by atoms with Crippen LogP contribution in [0.25, 0.3) is 0 Å². The lowest BCUT2D eigenvalue weighted by Crippen LogP contribution is -2.31. The molecular weight excluding hydrogens is 234 g/mol. The van der Waals surface area contributed by atoms with Crippen molar-refractivity contribution in [1.82, 2.24) is 0 Å².